The molecule has 0 unspecified atom stereocenters. The van der Waals surface area contributed by atoms with E-state index in [1.54, 1.807) is 0 Å². The van der Waals surface area contributed by atoms with Crippen LogP contribution < -0.4 is 10.5 Å². The van der Waals surface area contributed by atoms with Crippen molar-refractivity contribution >= 4 is 0 Å². The maximum atomic E-state index is 5.68. The van der Waals surface area contributed by atoms with Gasteiger partial charge in [0, 0.05) is 6.54 Å². The minimum absolute atomic E-state index is 0.568. The number of rotatable bonds is 9. The van der Waals surface area contributed by atoms with E-state index in [9.17, 15) is 0 Å². The van der Waals surface area contributed by atoms with Crippen LogP contribution in [-0.4, -0.2) is 6.61 Å². The summed E-state index contributed by atoms with van der Waals surface area (Å²) in [6.45, 7) is 5.08. The number of allylic oxidation sites excluding steroid dienone is 1. The third kappa shape index (κ3) is 6.12. The lowest BCUT2D eigenvalue weighted by Gasteiger charge is -2.07. The minimum atomic E-state index is 0.568. The molecule has 0 heterocycles. The average molecular weight is 233 g/mol. The molecule has 1 aromatic rings. The lowest BCUT2D eigenvalue weighted by molar-refractivity contribution is 0.304. The van der Waals surface area contributed by atoms with Gasteiger partial charge in [-0.15, -0.1) is 6.58 Å². The Bertz CT molecular complexity index is 322. The van der Waals surface area contributed by atoms with Crippen LogP contribution in [0.15, 0.2) is 36.9 Å². The molecular formula is C15H23NO. The van der Waals surface area contributed by atoms with Crippen molar-refractivity contribution in [1.82, 2.24) is 0 Å². The van der Waals surface area contributed by atoms with Crippen molar-refractivity contribution in [3.05, 3.63) is 42.5 Å². The molecule has 1 rings (SSSR count). The van der Waals surface area contributed by atoms with E-state index in [2.05, 4.69) is 6.58 Å². The van der Waals surface area contributed by atoms with E-state index in [0.717, 1.165) is 30.8 Å². The second-order valence-corrected chi connectivity index (χ2v) is 4.19. The maximum Gasteiger partial charge on any atom is 0.119 e. The SMILES string of the molecule is C=CCCCCCCOc1cccc(CN)c1. The first-order valence-corrected chi connectivity index (χ1v) is 6.39. The van der Waals surface area contributed by atoms with E-state index in [0.29, 0.717) is 6.54 Å². The normalized spacial score (nSPS) is 10.2. The fourth-order valence-electron chi connectivity index (χ4n) is 1.70. The van der Waals surface area contributed by atoms with E-state index in [1.807, 2.05) is 30.3 Å². The zero-order chi connectivity index (χ0) is 12.3. The summed E-state index contributed by atoms with van der Waals surface area (Å²) in [7, 11) is 0. The fourth-order valence-corrected chi connectivity index (χ4v) is 1.70. The van der Waals surface area contributed by atoms with Gasteiger partial charge in [-0.1, -0.05) is 31.1 Å². The zero-order valence-corrected chi connectivity index (χ0v) is 10.5. The molecule has 94 valence electrons. The largest absolute Gasteiger partial charge is 0.494 e. The molecule has 2 nitrogen and oxygen atoms in total. The van der Waals surface area contributed by atoms with Crippen LogP contribution >= 0.6 is 0 Å². The van der Waals surface area contributed by atoms with Gasteiger partial charge in [0.25, 0.3) is 0 Å². The van der Waals surface area contributed by atoms with Crippen molar-refractivity contribution in [2.24, 2.45) is 5.73 Å². The van der Waals surface area contributed by atoms with E-state index < -0.39 is 0 Å². The topological polar surface area (TPSA) is 35.2 Å². The predicted octanol–water partition coefficient (Wildman–Crippen LogP) is 3.66. The molecule has 1 aromatic carbocycles. The highest BCUT2D eigenvalue weighted by Gasteiger charge is 1.95. The molecule has 0 bridgehead atoms. The summed E-state index contributed by atoms with van der Waals surface area (Å²) in [6.07, 6.45) is 7.95. The van der Waals surface area contributed by atoms with Crippen LogP contribution in [0.1, 0.15) is 37.7 Å². The average Bonchev–Trinajstić information content (AvgIpc) is 2.38. The summed E-state index contributed by atoms with van der Waals surface area (Å²) in [6, 6.07) is 8.00. The fraction of sp³-hybridized carbons (Fsp3) is 0.467. The quantitative estimate of drug-likeness (QED) is 0.522. The highest BCUT2D eigenvalue weighted by Crippen LogP contribution is 2.13. The second-order valence-electron chi connectivity index (χ2n) is 4.19. The Balaban J connectivity index is 2.11. The predicted molar refractivity (Wildman–Crippen MR) is 73.1 cm³/mol. The molecule has 17 heavy (non-hydrogen) atoms. The van der Waals surface area contributed by atoms with Gasteiger partial charge in [-0.3, -0.25) is 0 Å². The van der Waals surface area contributed by atoms with Crippen molar-refractivity contribution < 1.29 is 4.74 Å². The standard InChI is InChI=1S/C15H23NO/c1-2-3-4-5-6-7-11-17-15-10-8-9-14(12-15)13-16/h2,8-10,12H,1,3-7,11,13,16H2. The lowest BCUT2D eigenvalue weighted by Crippen LogP contribution is -2.00. The van der Waals surface area contributed by atoms with Crippen molar-refractivity contribution in [3.8, 4) is 5.75 Å². The molecule has 2 N–H and O–H groups in total. The molecule has 0 spiro atoms. The molecular weight excluding hydrogens is 210 g/mol. The molecule has 2 heteroatoms. The van der Waals surface area contributed by atoms with Crippen molar-refractivity contribution in [3.63, 3.8) is 0 Å². The molecule has 0 aliphatic carbocycles. The third-order valence-electron chi connectivity index (χ3n) is 2.71. The van der Waals surface area contributed by atoms with Crippen LogP contribution in [0.2, 0.25) is 0 Å². The van der Waals surface area contributed by atoms with Crippen LogP contribution in [0.3, 0.4) is 0 Å². The van der Waals surface area contributed by atoms with Gasteiger partial charge in [0.1, 0.15) is 5.75 Å². The van der Waals surface area contributed by atoms with Crippen LogP contribution in [-0.2, 0) is 6.54 Å². The Morgan fingerprint density at radius 1 is 1.18 bits per heavy atom. The van der Waals surface area contributed by atoms with Crippen molar-refractivity contribution in [2.45, 2.75) is 38.6 Å². The number of unbranched alkanes of at least 4 members (excludes halogenated alkanes) is 4. The summed E-state index contributed by atoms with van der Waals surface area (Å²) in [4.78, 5) is 0. The summed E-state index contributed by atoms with van der Waals surface area (Å²) < 4.78 is 5.68. The summed E-state index contributed by atoms with van der Waals surface area (Å²) in [5.41, 5.74) is 6.70. The highest BCUT2D eigenvalue weighted by atomic mass is 16.5. The Labute approximate surface area is 104 Å². The second kappa shape index (κ2) is 8.82. The first-order chi connectivity index (χ1) is 8.36. The number of nitrogens with two attached hydrogens (primary N) is 1. The summed E-state index contributed by atoms with van der Waals surface area (Å²) in [5.74, 6) is 0.930. The first kappa shape index (κ1) is 13.8. The molecule has 0 saturated carbocycles. The van der Waals surface area contributed by atoms with Gasteiger partial charge in [-0.05, 0) is 37.0 Å². The molecule has 0 atom stereocenters. The maximum absolute atomic E-state index is 5.68. The summed E-state index contributed by atoms with van der Waals surface area (Å²) >= 11 is 0. The number of hydrogen-bond donors (Lipinski definition) is 1. The Morgan fingerprint density at radius 2 is 2.00 bits per heavy atom. The molecule has 0 aliphatic rings. The van der Waals surface area contributed by atoms with Crippen LogP contribution in [0.5, 0.6) is 5.75 Å². The summed E-state index contributed by atoms with van der Waals surface area (Å²) in [5, 5.41) is 0. The molecule has 0 aliphatic heterocycles. The van der Waals surface area contributed by atoms with E-state index in [1.165, 1.54) is 19.3 Å². The first-order valence-electron chi connectivity index (χ1n) is 6.39. The van der Waals surface area contributed by atoms with Gasteiger partial charge in [-0.2, -0.15) is 0 Å². The molecule has 0 fully saturated rings. The number of benzene rings is 1. The Morgan fingerprint density at radius 3 is 2.76 bits per heavy atom. The molecule has 0 radical (unpaired) electrons. The molecule has 0 amide bonds. The number of ether oxygens (including phenoxy) is 1. The Kier molecular flexibility index (Phi) is 7.15. The van der Waals surface area contributed by atoms with Gasteiger partial charge in [0.15, 0.2) is 0 Å². The van der Waals surface area contributed by atoms with Gasteiger partial charge in [0.05, 0.1) is 6.61 Å². The van der Waals surface area contributed by atoms with E-state index >= 15 is 0 Å². The van der Waals surface area contributed by atoms with Crippen LogP contribution in [0.25, 0.3) is 0 Å². The van der Waals surface area contributed by atoms with Gasteiger partial charge < -0.3 is 10.5 Å². The smallest absolute Gasteiger partial charge is 0.119 e. The zero-order valence-electron chi connectivity index (χ0n) is 10.5. The van der Waals surface area contributed by atoms with E-state index in [4.69, 9.17) is 10.5 Å². The monoisotopic (exact) mass is 233 g/mol. The Hall–Kier alpha value is -1.28. The van der Waals surface area contributed by atoms with Crippen molar-refractivity contribution in [1.29, 1.82) is 0 Å². The van der Waals surface area contributed by atoms with Crippen molar-refractivity contribution in [2.75, 3.05) is 6.61 Å². The van der Waals surface area contributed by atoms with Gasteiger partial charge in [0.2, 0.25) is 0 Å². The minimum Gasteiger partial charge on any atom is -0.494 e. The van der Waals surface area contributed by atoms with Gasteiger partial charge in [-0.25, -0.2) is 0 Å². The van der Waals surface area contributed by atoms with E-state index in [-0.39, 0.29) is 0 Å². The third-order valence-corrected chi connectivity index (χ3v) is 2.71. The van der Waals surface area contributed by atoms with Gasteiger partial charge >= 0.3 is 0 Å². The van der Waals surface area contributed by atoms with Crippen LogP contribution in [0.4, 0.5) is 0 Å². The highest BCUT2D eigenvalue weighted by molar-refractivity contribution is 5.28. The molecule has 0 aromatic heterocycles. The number of hydrogen-bond acceptors (Lipinski definition) is 2. The van der Waals surface area contributed by atoms with Crippen LogP contribution in [0, 0.1) is 0 Å². The molecule has 0 saturated heterocycles. The lowest BCUT2D eigenvalue weighted by atomic mass is 10.1.